The predicted octanol–water partition coefficient (Wildman–Crippen LogP) is 2.85. The monoisotopic (exact) mass is 291 g/mol. The van der Waals surface area contributed by atoms with E-state index in [1.54, 1.807) is 0 Å². The van der Waals surface area contributed by atoms with Crippen molar-refractivity contribution in [1.29, 1.82) is 0 Å². The zero-order valence-corrected chi connectivity index (χ0v) is 9.86. The first-order valence-electron chi connectivity index (χ1n) is 3.81. The van der Waals surface area contributed by atoms with Crippen molar-refractivity contribution in [2.75, 3.05) is 5.33 Å². The first-order chi connectivity index (χ1) is 5.77. The fourth-order valence-electron chi connectivity index (χ4n) is 1.05. The van der Waals surface area contributed by atoms with Gasteiger partial charge in [0, 0.05) is 16.3 Å². The Morgan fingerprint density at radius 2 is 2.08 bits per heavy atom. The van der Waals surface area contributed by atoms with Gasteiger partial charge in [-0.15, -0.1) is 0 Å². The van der Waals surface area contributed by atoms with Gasteiger partial charge in [-0.1, -0.05) is 44.0 Å². The predicted molar refractivity (Wildman–Crippen MR) is 59.5 cm³/mol. The summed E-state index contributed by atoms with van der Waals surface area (Å²) in [5.41, 5.74) is 8.08. The van der Waals surface area contributed by atoms with Crippen molar-refractivity contribution in [3.8, 4) is 0 Å². The third-order valence-corrected chi connectivity index (χ3v) is 2.88. The van der Waals surface area contributed by atoms with E-state index in [4.69, 9.17) is 5.73 Å². The van der Waals surface area contributed by atoms with Crippen molar-refractivity contribution in [1.82, 2.24) is 0 Å². The van der Waals surface area contributed by atoms with Gasteiger partial charge in [-0.2, -0.15) is 0 Å². The summed E-state index contributed by atoms with van der Waals surface area (Å²) in [5, 5.41) is 0.999. The van der Waals surface area contributed by atoms with Crippen LogP contribution in [0.3, 0.4) is 0 Å². The number of hydrogen-bond acceptors (Lipinski definition) is 1. The summed E-state index contributed by atoms with van der Waals surface area (Å²) in [4.78, 5) is 0. The number of alkyl halides is 1. The topological polar surface area (TPSA) is 26.0 Å². The maximum absolute atomic E-state index is 5.57. The molecule has 3 heteroatoms. The summed E-state index contributed by atoms with van der Waals surface area (Å²) in [6.07, 6.45) is 1.06. The van der Waals surface area contributed by atoms with Crippen LogP contribution in [0.4, 0.5) is 0 Å². The number of rotatable bonds is 3. The largest absolute Gasteiger partial charge is 0.326 e. The van der Waals surface area contributed by atoms with Gasteiger partial charge in [-0.25, -0.2) is 0 Å². The first kappa shape index (κ1) is 10.2. The molecular weight excluding hydrogens is 282 g/mol. The molecule has 0 aliphatic heterocycles. The number of halogens is 2. The maximum Gasteiger partial charge on any atom is 0.0220 e. The van der Waals surface area contributed by atoms with Gasteiger partial charge in [0.1, 0.15) is 0 Å². The van der Waals surface area contributed by atoms with Crippen molar-refractivity contribution in [3.63, 3.8) is 0 Å². The molecule has 0 heterocycles. The Bertz CT molecular complexity index is 261. The summed E-state index contributed by atoms with van der Waals surface area (Å²) in [6, 6.07) is 6.32. The van der Waals surface area contributed by atoms with Gasteiger partial charge in [0.15, 0.2) is 0 Å². The molecule has 0 saturated heterocycles. The highest BCUT2D eigenvalue weighted by Crippen LogP contribution is 2.18. The molecule has 12 heavy (non-hydrogen) atoms. The Labute approximate surface area is 89.6 Å². The van der Waals surface area contributed by atoms with Crippen molar-refractivity contribution in [2.45, 2.75) is 13.0 Å². The Balaban J connectivity index is 2.89. The van der Waals surface area contributed by atoms with Crippen LogP contribution in [0.25, 0.3) is 0 Å². The van der Waals surface area contributed by atoms with Crippen LogP contribution in [-0.2, 0) is 13.0 Å². The lowest BCUT2D eigenvalue weighted by atomic mass is 10.1. The fraction of sp³-hybridized carbons (Fsp3) is 0.333. The normalized spacial score (nSPS) is 10.2. The minimum absolute atomic E-state index is 0.594. The Morgan fingerprint density at radius 3 is 2.67 bits per heavy atom. The van der Waals surface area contributed by atoms with Crippen LogP contribution in [0.1, 0.15) is 11.1 Å². The lowest BCUT2D eigenvalue weighted by molar-refractivity contribution is 1.04. The Kier molecular flexibility index (Phi) is 4.26. The second kappa shape index (κ2) is 5.00. The molecule has 1 aromatic carbocycles. The standard InChI is InChI=1S/C9H11Br2N/c10-4-3-7-1-2-9(11)8(5-7)6-12/h1-2,5H,3-4,6,12H2. The van der Waals surface area contributed by atoms with E-state index in [-0.39, 0.29) is 0 Å². The number of hydrogen-bond donors (Lipinski definition) is 1. The quantitative estimate of drug-likeness (QED) is 0.852. The molecule has 0 fully saturated rings. The molecule has 0 bridgehead atoms. The van der Waals surface area contributed by atoms with E-state index in [0.717, 1.165) is 16.2 Å². The van der Waals surface area contributed by atoms with Gasteiger partial charge >= 0.3 is 0 Å². The summed E-state index contributed by atoms with van der Waals surface area (Å²) in [7, 11) is 0. The fourth-order valence-corrected chi connectivity index (χ4v) is 1.92. The molecule has 0 atom stereocenters. The molecule has 0 amide bonds. The third kappa shape index (κ3) is 2.57. The van der Waals surface area contributed by atoms with Crippen LogP contribution in [0.2, 0.25) is 0 Å². The van der Waals surface area contributed by atoms with Gasteiger partial charge in [0.2, 0.25) is 0 Å². The van der Waals surface area contributed by atoms with Gasteiger partial charge in [-0.3, -0.25) is 0 Å². The van der Waals surface area contributed by atoms with Crippen molar-refractivity contribution >= 4 is 31.9 Å². The average molecular weight is 293 g/mol. The summed E-state index contributed by atoms with van der Waals surface area (Å²) < 4.78 is 1.10. The van der Waals surface area contributed by atoms with E-state index >= 15 is 0 Å². The Hall–Kier alpha value is 0.140. The van der Waals surface area contributed by atoms with E-state index in [0.29, 0.717) is 6.54 Å². The molecule has 1 rings (SSSR count). The van der Waals surface area contributed by atoms with Gasteiger partial charge in [0.05, 0.1) is 0 Å². The zero-order chi connectivity index (χ0) is 8.97. The van der Waals surface area contributed by atoms with Crippen molar-refractivity contribution < 1.29 is 0 Å². The average Bonchev–Trinajstić information content (AvgIpc) is 2.09. The van der Waals surface area contributed by atoms with E-state index in [1.165, 1.54) is 11.1 Å². The SMILES string of the molecule is NCc1cc(CCBr)ccc1Br. The molecule has 2 N–H and O–H groups in total. The van der Waals surface area contributed by atoms with E-state index in [2.05, 4.69) is 50.1 Å². The smallest absolute Gasteiger partial charge is 0.0220 e. The molecule has 1 nitrogen and oxygen atoms in total. The minimum atomic E-state index is 0.594. The highest BCUT2D eigenvalue weighted by molar-refractivity contribution is 9.10. The molecule has 0 aromatic heterocycles. The highest BCUT2D eigenvalue weighted by Gasteiger charge is 1.98. The number of benzene rings is 1. The van der Waals surface area contributed by atoms with Crippen LogP contribution in [0, 0.1) is 0 Å². The van der Waals surface area contributed by atoms with Crippen LogP contribution in [0.5, 0.6) is 0 Å². The molecule has 0 spiro atoms. The van der Waals surface area contributed by atoms with Crippen LogP contribution >= 0.6 is 31.9 Å². The Morgan fingerprint density at radius 1 is 1.33 bits per heavy atom. The highest BCUT2D eigenvalue weighted by atomic mass is 79.9. The van der Waals surface area contributed by atoms with E-state index in [9.17, 15) is 0 Å². The van der Waals surface area contributed by atoms with Crippen molar-refractivity contribution in [2.24, 2.45) is 5.73 Å². The van der Waals surface area contributed by atoms with Gasteiger partial charge in [0.25, 0.3) is 0 Å². The minimum Gasteiger partial charge on any atom is -0.326 e. The first-order valence-corrected chi connectivity index (χ1v) is 5.72. The molecule has 1 aromatic rings. The van der Waals surface area contributed by atoms with Gasteiger partial charge < -0.3 is 5.73 Å². The van der Waals surface area contributed by atoms with Crippen LogP contribution < -0.4 is 5.73 Å². The molecule has 0 radical (unpaired) electrons. The lowest BCUT2D eigenvalue weighted by Crippen LogP contribution is -1.98. The molecular formula is C9H11Br2N. The third-order valence-electron chi connectivity index (χ3n) is 1.71. The summed E-state index contributed by atoms with van der Waals surface area (Å²) in [5.74, 6) is 0. The second-order valence-electron chi connectivity index (χ2n) is 2.57. The van der Waals surface area contributed by atoms with E-state index in [1.807, 2.05) is 0 Å². The van der Waals surface area contributed by atoms with Gasteiger partial charge in [-0.05, 0) is 23.6 Å². The molecule has 0 aliphatic carbocycles. The molecule has 66 valence electrons. The second-order valence-corrected chi connectivity index (χ2v) is 4.22. The maximum atomic E-state index is 5.57. The number of aryl methyl sites for hydroxylation is 1. The molecule has 0 saturated carbocycles. The van der Waals surface area contributed by atoms with Crippen LogP contribution in [0.15, 0.2) is 22.7 Å². The molecule has 0 aliphatic rings. The summed E-state index contributed by atoms with van der Waals surface area (Å²) >= 11 is 6.86. The zero-order valence-electron chi connectivity index (χ0n) is 6.69. The lowest BCUT2D eigenvalue weighted by Gasteiger charge is -2.04. The van der Waals surface area contributed by atoms with Crippen molar-refractivity contribution in [3.05, 3.63) is 33.8 Å². The number of nitrogens with two attached hydrogens (primary N) is 1. The summed E-state index contributed by atoms with van der Waals surface area (Å²) in [6.45, 7) is 0.594. The van der Waals surface area contributed by atoms with Crippen LogP contribution in [-0.4, -0.2) is 5.33 Å². The van der Waals surface area contributed by atoms with E-state index < -0.39 is 0 Å². The molecule has 0 unspecified atom stereocenters.